The molecule has 1 rings (SSSR count). The summed E-state index contributed by atoms with van der Waals surface area (Å²) in [4.78, 5) is 0. The number of anilines is 1. The Morgan fingerprint density at radius 2 is 2.12 bits per heavy atom. The Kier molecular flexibility index (Phi) is 5.08. The van der Waals surface area contributed by atoms with Crippen molar-refractivity contribution in [2.24, 2.45) is 0 Å². The fourth-order valence-electron chi connectivity index (χ4n) is 1.19. The van der Waals surface area contributed by atoms with Crippen molar-refractivity contribution >= 4 is 43.2 Å². The second-order valence-electron chi connectivity index (χ2n) is 3.40. The molecular weight excluding hydrogens is 314 g/mol. The second kappa shape index (κ2) is 5.89. The lowest BCUT2D eigenvalue weighted by molar-refractivity contribution is 0.600. The van der Waals surface area contributed by atoms with Crippen LogP contribution in [0.3, 0.4) is 0 Å². The highest BCUT2D eigenvalue weighted by Gasteiger charge is 2.12. The molecular formula is C10H13BrClNO2S. The molecule has 0 aromatic heterocycles. The van der Waals surface area contributed by atoms with Crippen LogP contribution in [-0.2, 0) is 10.0 Å². The van der Waals surface area contributed by atoms with Gasteiger partial charge in [-0.1, -0.05) is 12.1 Å². The van der Waals surface area contributed by atoms with Crippen molar-refractivity contribution in [3.05, 3.63) is 28.2 Å². The molecule has 1 N–H and O–H groups in total. The van der Waals surface area contributed by atoms with Gasteiger partial charge in [0, 0.05) is 10.4 Å². The minimum Gasteiger partial charge on any atom is -0.282 e. The maximum absolute atomic E-state index is 11.6. The van der Waals surface area contributed by atoms with Gasteiger partial charge < -0.3 is 0 Å². The molecule has 0 spiro atoms. The highest BCUT2D eigenvalue weighted by Crippen LogP contribution is 2.26. The van der Waals surface area contributed by atoms with Crippen LogP contribution in [0.4, 0.5) is 5.69 Å². The van der Waals surface area contributed by atoms with Gasteiger partial charge in [0.2, 0.25) is 10.0 Å². The quantitative estimate of drug-likeness (QED) is 0.845. The Morgan fingerprint density at radius 3 is 2.75 bits per heavy atom. The summed E-state index contributed by atoms with van der Waals surface area (Å²) in [6.07, 6.45) is 0.445. The van der Waals surface area contributed by atoms with E-state index in [-0.39, 0.29) is 5.75 Å². The Bertz CT molecular complexity index is 462. The molecule has 16 heavy (non-hydrogen) atoms. The van der Waals surface area contributed by atoms with E-state index in [0.29, 0.717) is 18.0 Å². The normalized spacial score (nSPS) is 11.4. The van der Waals surface area contributed by atoms with Crippen molar-refractivity contribution in [3.8, 4) is 0 Å². The van der Waals surface area contributed by atoms with E-state index in [9.17, 15) is 8.42 Å². The van der Waals surface area contributed by atoms with E-state index < -0.39 is 10.0 Å². The van der Waals surface area contributed by atoms with Crippen LogP contribution in [0.15, 0.2) is 22.7 Å². The molecule has 0 aliphatic rings. The lowest BCUT2D eigenvalue weighted by atomic mass is 10.2. The molecule has 0 aliphatic heterocycles. The van der Waals surface area contributed by atoms with Gasteiger partial charge >= 0.3 is 0 Å². The Hall–Kier alpha value is -0.260. The molecule has 0 saturated carbocycles. The first-order valence-corrected chi connectivity index (χ1v) is 7.76. The molecule has 0 saturated heterocycles. The minimum absolute atomic E-state index is 0.0386. The number of alkyl halides is 1. The number of halogens is 2. The van der Waals surface area contributed by atoms with Crippen molar-refractivity contribution in [1.82, 2.24) is 0 Å². The maximum atomic E-state index is 11.6. The molecule has 1 aromatic carbocycles. The minimum atomic E-state index is -3.30. The molecule has 0 amide bonds. The topological polar surface area (TPSA) is 46.2 Å². The van der Waals surface area contributed by atoms with Crippen LogP contribution in [-0.4, -0.2) is 20.1 Å². The van der Waals surface area contributed by atoms with E-state index in [2.05, 4.69) is 20.7 Å². The number of hydrogen-bond acceptors (Lipinski definition) is 2. The summed E-state index contributed by atoms with van der Waals surface area (Å²) in [5.74, 6) is 0.382. The van der Waals surface area contributed by atoms with Crippen LogP contribution in [0.25, 0.3) is 0 Å². The first-order chi connectivity index (χ1) is 7.46. The number of rotatable bonds is 5. The summed E-state index contributed by atoms with van der Waals surface area (Å²) in [5, 5.41) is 0. The Labute approximate surface area is 109 Å². The van der Waals surface area contributed by atoms with Crippen LogP contribution in [0.5, 0.6) is 0 Å². The largest absolute Gasteiger partial charge is 0.282 e. The first kappa shape index (κ1) is 13.8. The van der Waals surface area contributed by atoms with Crippen molar-refractivity contribution in [2.45, 2.75) is 13.3 Å². The molecule has 0 radical (unpaired) electrons. The monoisotopic (exact) mass is 325 g/mol. The summed E-state index contributed by atoms with van der Waals surface area (Å²) >= 11 is 8.81. The standard InChI is InChI=1S/C10H13BrClNO2S/c1-8-4-2-5-9(10(8)11)13-16(14,15)7-3-6-12/h2,4-5,13H,3,6-7H2,1H3. The molecule has 6 heteroatoms. The van der Waals surface area contributed by atoms with Crippen LogP contribution in [0.1, 0.15) is 12.0 Å². The number of aryl methyl sites for hydroxylation is 1. The van der Waals surface area contributed by atoms with Gasteiger partial charge in [-0.15, -0.1) is 11.6 Å². The van der Waals surface area contributed by atoms with Gasteiger partial charge in [0.1, 0.15) is 0 Å². The lowest BCUT2D eigenvalue weighted by Gasteiger charge is -2.10. The number of benzene rings is 1. The van der Waals surface area contributed by atoms with Gasteiger partial charge in [0.25, 0.3) is 0 Å². The van der Waals surface area contributed by atoms with Gasteiger partial charge in [-0.05, 0) is 40.9 Å². The molecule has 0 unspecified atom stereocenters. The van der Waals surface area contributed by atoms with Gasteiger partial charge in [-0.2, -0.15) is 0 Å². The highest BCUT2D eigenvalue weighted by molar-refractivity contribution is 9.10. The van der Waals surface area contributed by atoms with Crippen molar-refractivity contribution < 1.29 is 8.42 Å². The fraction of sp³-hybridized carbons (Fsp3) is 0.400. The SMILES string of the molecule is Cc1cccc(NS(=O)(=O)CCCCl)c1Br. The average molecular weight is 327 g/mol. The lowest BCUT2D eigenvalue weighted by Crippen LogP contribution is -2.17. The van der Waals surface area contributed by atoms with Crippen molar-refractivity contribution in [2.75, 3.05) is 16.4 Å². The van der Waals surface area contributed by atoms with Crippen LogP contribution < -0.4 is 4.72 Å². The third-order valence-corrected chi connectivity index (χ3v) is 4.68. The molecule has 0 fully saturated rings. The van der Waals surface area contributed by atoms with Gasteiger partial charge in [-0.3, -0.25) is 4.72 Å². The smallest absolute Gasteiger partial charge is 0.232 e. The Morgan fingerprint density at radius 1 is 1.44 bits per heavy atom. The van der Waals surface area contributed by atoms with Crippen LogP contribution in [0.2, 0.25) is 0 Å². The second-order valence-corrected chi connectivity index (χ2v) is 6.41. The van der Waals surface area contributed by atoms with Gasteiger partial charge in [0.15, 0.2) is 0 Å². The predicted octanol–water partition coefficient (Wildman–Crippen LogP) is 3.13. The number of sulfonamides is 1. The average Bonchev–Trinajstić information content (AvgIpc) is 2.22. The first-order valence-electron chi connectivity index (χ1n) is 4.78. The highest BCUT2D eigenvalue weighted by atomic mass is 79.9. The molecule has 1 aromatic rings. The predicted molar refractivity (Wildman–Crippen MR) is 71.6 cm³/mol. The molecule has 0 aliphatic carbocycles. The van der Waals surface area contributed by atoms with Crippen molar-refractivity contribution in [3.63, 3.8) is 0 Å². The Balaban J connectivity index is 2.84. The fourth-order valence-corrected chi connectivity index (χ4v) is 3.11. The van der Waals surface area contributed by atoms with E-state index in [1.54, 1.807) is 12.1 Å². The molecule has 3 nitrogen and oxygen atoms in total. The summed E-state index contributed by atoms with van der Waals surface area (Å²) < 4.78 is 26.6. The van der Waals surface area contributed by atoms with E-state index in [0.717, 1.165) is 10.0 Å². The van der Waals surface area contributed by atoms with Crippen LogP contribution in [0, 0.1) is 6.92 Å². The third-order valence-electron chi connectivity index (χ3n) is 2.00. The van der Waals surface area contributed by atoms with E-state index >= 15 is 0 Å². The zero-order chi connectivity index (χ0) is 12.2. The maximum Gasteiger partial charge on any atom is 0.232 e. The van der Waals surface area contributed by atoms with Gasteiger partial charge in [-0.25, -0.2) is 8.42 Å². The summed E-state index contributed by atoms with van der Waals surface area (Å²) in [5.41, 5.74) is 1.55. The molecule has 0 heterocycles. The number of hydrogen-bond donors (Lipinski definition) is 1. The van der Waals surface area contributed by atoms with E-state index in [4.69, 9.17) is 11.6 Å². The number of nitrogens with one attached hydrogen (secondary N) is 1. The molecule has 0 bridgehead atoms. The zero-order valence-electron chi connectivity index (χ0n) is 8.83. The summed E-state index contributed by atoms with van der Waals surface area (Å²) in [7, 11) is -3.30. The van der Waals surface area contributed by atoms with E-state index in [1.807, 2.05) is 13.0 Å². The summed E-state index contributed by atoms with van der Waals surface area (Å²) in [6.45, 7) is 1.90. The van der Waals surface area contributed by atoms with E-state index in [1.165, 1.54) is 0 Å². The molecule has 0 atom stereocenters. The van der Waals surface area contributed by atoms with Crippen molar-refractivity contribution in [1.29, 1.82) is 0 Å². The third kappa shape index (κ3) is 3.96. The zero-order valence-corrected chi connectivity index (χ0v) is 12.0. The summed E-state index contributed by atoms with van der Waals surface area (Å²) in [6, 6.07) is 5.43. The van der Waals surface area contributed by atoms with Crippen LogP contribution >= 0.6 is 27.5 Å². The molecule has 90 valence electrons. The van der Waals surface area contributed by atoms with Gasteiger partial charge in [0.05, 0.1) is 11.4 Å².